The number of rotatable bonds is 4. The Balaban J connectivity index is 1.49. The lowest BCUT2D eigenvalue weighted by Crippen LogP contribution is -2.19. The molecule has 1 aliphatic heterocycles. The molecular weight excluding hydrogens is 330 g/mol. The molecule has 1 aliphatic rings. The largest absolute Gasteiger partial charge is 0.504 e. The van der Waals surface area contributed by atoms with Gasteiger partial charge in [-0.1, -0.05) is 18.2 Å². The van der Waals surface area contributed by atoms with Crippen molar-refractivity contribution in [3.8, 4) is 11.4 Å². The number of para-hydroxylation sites is 1. The number of anilines is 2. The highest BCUT2D eigenvalue weighted by molar-refractivity contribution is 6.04. The topological polar surface area (TPSA) is 83.3 Å². The number of aromatic hydroxyl groups is 1. The lowest BCUT2D eigenvalue weighted by Gasteiger charge is -2.16. The molecule has 132 valence electrons. The summed E-state index contributed by atoms with van der Waals surface area (Å²) in [6.45, 7) is 2.03. The number of nitrogens with one attached hydrogen (secondary N) is 1. The molecule has 7 nitrogen and oxygen atoms in total. The summed E-state index contributed by atoms with van der Waals surface area (Å²) in [5, 5.41) is 17.0. The molecule has 0 spiro atoms. The van der Waals surface area contributed by atoms with Crippen LogP contribution in [0.25, 0.3) is 5.69 Å². The molecule has 0 bridgehead atoms. The molecule has 2 aromatic heterocycles. The SMILES string of the molecule is O=C(Nc1ccc(N2CCCC2)nc1)c1nn(-c2ccccc2)cc1O. The van der Waals surface area contributed by atoms with Crippen LogP contribution < -0.4 is 10.2 Å². The Morgan fingerprint density at radius 3 is 2.54 bits per heavy atom. The maximum atomic E-state index is 12.4. The average Bonchev–Trinajstić information content (AvgIpc) is 3.33. The minimum absolute atomic E-state index is 0.0301. The van der Waals surface area contributed by atoms with E-state index in [1.165, 1.54) is 23.7 Å². The summed E-state index contributed by atoms with van der Waals surface area (Å²) in [4.78, 5) is 19.1. The number of amides is 1. The molecule has 0 atom stereocenters. The molecule has 7 heteroatoms. The molecule has 1 saturated heterocycles. The van der Waals surface area contributed by atoms with Gasteiger partial charge >= 0.3 is 0 Å². The van der Waals surface area contributed by atoms with E-state index in [-0.39, 0.29) is 11.4 Å². The van der Waals surface area contributed by atoms with E-state index in [2.05, 4.69) is 20.3 Å². The van der Waals surface area contributed by atoms with Gasteiger partial charge in [-0.25, -0.2) is 9.67 Å². The second-order valence-corrected chi connectivity index (χ2v) is 6.20. The third-order valence-electron chi connectivity index (χ3n) is 4.37. The van der Waals surface area contributed by atoms with Crippen LogP contribution in [-0.4, -0.2) is 38.9 Å². The van der Waals surface area contributed by atoms with Gasteiger partial charge in [0, 0.05) is 13.1 Å². The van der Waals surface area contributed by atoms with Crippen LogP contribution in [0.4, 0.5) is 11.5 Å². The summed E-state index contributed by atoms with van der Waals surface area (Å²) in [5.41, 5.74) is 1.29. The quantitative estimate of drug-likeness (QED) is 0.757. The number of hydrogen-bond acceptors (Lipinski definition) is 5. The first-order valence-corrected chi connectivity index (χ1v) is 8.57. The van der Waals surface area contributed by atoms with Crippen LogP contribution in [0.2, 0.25) is 0 Å². The number of aromatic nitrogens is 3. The Morgan fingerprint density at radius 2 is 1.85 bits per heavy atom. The summed E-state index contributed by atoms with van der Waals surface area (Å²) in [6.07, 6.45) is 5.41. The van der Waals surface area contributed by atoms with E-state index < -0.39 is 5.91 Å². The zero-order valence-corrected chi connectivity index (χ0v) is 14.2. The van der Waals surface area contributed by atoms with Crippen LogP contribution in [0.15, 0.2) is 54.9 Å². The lowest BCUT2D eigenvalue weighted by atomic mass is 10.3. The van der Waals surface area contributed by atoms with E-state index in [1.54, 1.807) is 6.20 Å². The van der Waals surface area contributed by atoms with Crippen LogP contribution >= 0.6 is 0 Å². The predicted octanol–water partition coefficient (Wildman–Crippen LogP) is 2.83. The number of benzene rings is 1. The first-order chi connectivity index (χ1) is 12.7. The summed E-state index contributed by atoms with van der Waals surface area (Å²) >= 11 is 0. The van der Waals surface area contributed by atoms with E-state index in [9.17, 15) is 9.90 Å². The highest BCUT2D eigenvalue weighted by atomic mass is 16.3. The zero-order valence-electron chi connectivity index (χ0n) is 14.2. The van der Waals surface area contributed by atoms with Gasteiger partial charge in [-0.3, -0.25) is 4.79 Å². The fourth-order valence-corrected chi connectivity index (χ4v) is 3.02. The van der Waals surface area contributed by atoms with Gasteiger partial charge in [0.15, 0.2) is 11.4 Å². The van der Waals surface area contributed by atoms with Crippen molar-refractivity contribution in [1.82, 2.24) is 14.8 Å². The van der Waals surface area contributed by atoms with Crippen molar-refractivity contribution >= 4 is 17.4 Å². The summed E-state index contributed by atoms with van der Waals surface area (Å²) in [5.74, 6) is 0.262. The Morgan fingerprint density at radius 1 is 1.08 bits per heavy atom. The standard InChI is InChI=1S/C19H19N5O2/c25-16-13-24(15-6-2-1-3-7-15)22-18(16)19(26)21-14-8-9-17(20-12-14)23-10-4-5-11-23/h1-3,6-9,12-13,25H,4-5,10-11H2,(H,21,26). The molecule has 26 heavy (non-hydrogen) atoms. The highest BCUT2D eigenvalue weighted by Crippen LogP contribution is 2.21. The Kier molecular flexibility index (Phi) is 4.27. The van der Waals surface area contributed by atoms with Crippen molar-refractivity contribution in [3.63, 3.8) is 0 Å². The molecule has 0 saturated carbocycles. The maximum absolute atomic E-state index is 12.4. The van der Waals surface area contributed by atoms with Gasteiger partial charge in [-0.2, -0.15) is 5.10 Å². The van der Waals surface area contributed by atoms with Gasteiger partial charge < -0.3 is 15.3 Å². The van der Waals surface area contributed by atoms with Crippen molar-refractivity contribution in [2.45, 2.75) is 12.8 Å². The normalized spacial score (nSPS) is 13.8. The molecule has 0 aliphatic carbocycles. The first kappa shape index (κ1) is 16.1. The van der Waals surface area contributed by atoms with Crippen LogP contribution in [0, 0.1) is 0 Å². The molecular formula is C19H19N5O2. The van der Waals surface area contributed by atoms with E-state index >= 15 is 0 Å². The fourth-order valence-electron chi connectivity index (χ4n) is 3.02. The summed E-state index contributed by atoms with van der Waals surface area (Å²) in [6, 6.07) is 13.0. The third kappa shape index (κ3) is 3.23. The van der Waals surface area contributed by atoms with Gasteiger partial charge in [-0.05, 0) is 37.1 Å². The van der Waals surface area contributed by atoms with Crippen molar-refractivity contribution in [1.29, 1.82) is 0 Å². The minimum Gasteiger partial charge on any atom is -0.504 e. The van der Waals surface area contributed by atoms with Crippen LogP contribution in [0.1, 0.15) is 23.3 Å². The second-order valence-electron chi connectivity index (χ2n) is 6.20. The summed E-state index contributed by atoms with van der Waals surface area (Å²) < 4.78 is 1.47. The number of carbonyl (C=O) groups is 1. The second kappa shape index (κ2) is 6.87. The molecule has 3 heterocycles. The monoisotopic (exact) mass is 349 g/mol. The van der Waals surface area contributed by atoms with Crippen LogP contribution in [0.3, 0.4) is 0 Å². The molecule has 1 amide bonds. The van der Waals surface area contributed by atoms with Crippen molar-refractivity contribution in [2.75, 3.05) is 23.3 Å². The number of nitrogens with zero attached hydrogens (tertiary/aromatic N) is 4. The van der Waals surface area contributed by atoms with Gasteiger partial charge in [0.25, 0.3) is 5.91 Å². The Labute approximate surface area is 150 Å². The number of carbonyl (C=O) groups excluding carboxylic acids is 1. The molecule has 0 radical (unpaired) electrons. The molecule has 3 aromatic rings. The highest BCUT2D eigenvalue weighted by Gasteiger charge is 2.18. The Hall–Kier alpha value is -3.35. The van der Waals surface area contributed by atoms with Crippen LogP contribution in [-0.2, 0) is 0 Å². The van der Waals surface area contributed by atoms with Crippen LogP contribution in [0.5, 0.6) is 5.75 Å². The molecule has 1 fully saturated rings. The smallest absolute Gasteiger partial charge is 0.280 e. The van der Waals surface area contributed by atoms with Gasteiger partial charge in [-0.15, -0.1) is 0 Å². The van der Waals surface area contributed by atoms with E-state index in [0.29, 0.717) is 5.69 Å². The first-order valence-electron chi connectivity index (χ1n) is 8.57. The fraction of sp³-hybridized carbons (Fsp3) is 0.211. The Bertz CT molecular complexity index is 899. The van der Waals surface area contributed by atoms with Crippen molar-refractivity contribution in [2.24, 2.45) is 0 Å². The maximum Gasteiger partial charge on any atom is 0.280 e. The molecule has 2 N–H and O–H groups in total. The molecule has 0 unspecified atom stereocenters. The molecule has 1 aromatic carbocycles. The number of hydrogen-bond donors (Lipinski definition) is 2. The number of pyridine rings is 1. The minimum atomic E-state index is -0.479. The van der Waals surface area contributed by atoms with E-state index in [4.69, 9.17) is 0 Å². The van der Waals surface area contributed by atoms with Crippen molar-refractivity contribution in [3.05, 3.63) is 60.6 Å². The molecule has 4 rings (SSSR count). The lowest BCUT2D eigenvalue weighted by molar-refractivity contribution is 0.101. The average molecular weight is 349 g/mol. The van der Waals surface area contributed by atoms with Crippen molar-refractivity contribution < 1.29 is 9.90 Å². The zero-order chi connectivity index (χ0) is 17.9. The summed E-state index contributed by atoms with van der Waals surface area (Å²) in [7, 11) is 0. The van der Waals surface area contributed by atoms with Gasteiger partial charge in [0.1, 0.15) is 5.82 Å². The predicted molar refractivity (Wildman–Crippen MR) is 98.9 cm³/mol. The van der Waals surface area contributed by atoms with Gasteiger partial charge in [0.2, 0.25) is 0 Å². The van der Waals surface area contributed by atoms with E-state index in [1.807, 2.05) is 42.5 Å². The third-order valence-corrected chi connectivity index (χ3v) is 4.37. The van der Waals surface area contributed by atoms with Gasteiger partial charge in [0.05, 0.1) is 23.8 Å². The van der Waals surface area contributed by atoms with E-state index in [0.717, 1.165) is 24.6 Å².